The molecule has 2 amide bonds. The molecule has 0 radical (unpaired) electrons. The molecule has 2 aliphatic heterocycles. The second-order valence-electron chi connectivity index (χ2n) is 7.25. The lowest BCUT2D eigenvalue weighted by atomic mass is 10.1. The van der Waals surface area contributed by atoms with E-state index in [0.29, 0.717) is 6.04 Å². The van der Waals surface area contributed by atoms with E-state index in [0.717, 1.165) is 36.5 Å². The van der Waals surface area contributed by atoms with Gasteiger partial charge in [-0.25, -0.2) is 4.79 Å². The highest BCUT2D eigenvalue weighted by Gasteiger charge is 2.29. The number of nitrogens with one attached hydrogen (secondary N) is 1. The molecule has 0 unspecified atom stereocenters. The highest BCUT2D eigenvalue weighted by Crippen LogP contribution is 2.23. The van der Waals surface area contributed by atoms with Crippen LogP contribution in [0.1, 0.15) is 62.1 Å². The molecule has 6 heteroatoms. The Kier molecular flexibility index (Phi) is 5.43. The van der Waals surface area contributed by atoms with Gasteiger partial charge >= 0.3 is 6.03 Å². The zero-order valence-electron chi connectivity index (χ0n) is 15.2. The minimum atomic E-state index is -0.0859. The lowest BCUT2D eigenvalue weighted by Gasteiger charge is -2.31. The monoisotopic (exact) mass is 334 g/mol. The van der Waals surface area contributed by atoms with E-state index in [2.05, 4.69) is 15.4 Å². The highest BCUT2D eigenvalue weighted by molar-refractivity contribution is 5.74. The number of hydrogen-bond acceptors (Lipinski definition) is 4. The highest BCUT2D eigenvalue weighted by atomic mass is 16.5. The molecule has 0 aromatic carbocycles. The molecule has 0 bridgehead atoms. The van der Waals surface area contributed by atoms with E-state index < -0.39 is 0 Å². The average Bonchev–Trinajstić information content (AvgIpc) is 3.11. The Morgan fingerprint density at radius 2 is 1.92 bits per heavy atom. The summed E-state index contributed by atoms with van der Waals surface area (Å²) in [6.07, 6.45) is 6.11. The van der Waals surface area contributed by atoms with E-state index in [1.807, 2.05) is 25.7 Å². The van der Waals surface area contributed by atoms with Gasteiger partial charge in [0.05, 0.1) is 11.7 Å². The number of aryl methyl sites for hydroxylation is 2. The van der Waals surface area contributed by atoms with Crippen molar-refractivity contribution in [2.45, 2.75) is 65.0 Å². The molecule has 2 atom stereocenters. The van der Waals surface area contributed by atoms with Crippen LogP contribution in [0.2, 0.25) is 0 Å². The van der Waals surface area contributed by atoms with Crippen molar-refractivity contribution < 1.29 is 9.32 Å². The third kappa shape index (κ3) is 3.74. The zero-order valence-corrected chi connectivity index (χ0v) is 15.2. The molecule has 0 saturated carbocycles. The van der Waals surface area contributed by atoms with Gasteiger partial charge in [0.15, 0.2) is 0 Å². The summed E-state index contributed by atoms with van der Waals surface area (Å²) in [4.78, 5) is 17.4. The smallest absolute Gasteiger partial charge is 0.317 e. The maximum atomic E-state index is 12.8. The van der Waals surface area contributed by atoms with Crippen LogP contribution in [0, 0.1) is 13.8 Å². The fourth-order valence-electron chi connectivity index (χ4n) is 4.17. The molecule has 0 spiro atoms. The van der Waals surface area contributed by atoms with Crippen molar-refractivity contribution in [3.8, 4) is 0 Å². The van der Waals surface area contributed by atoms with E-state index >= 15 is 0 Å². The molecular weight excluding hydrogens is 304 g/mol. The van der Waals surface area contributed by atoms with Crippen molar-refractivity contribution in [1.82, 2.24) is 20.3 Å². The third-order valence-corrected chi connectivity index (χ3v) is 5.45. The predicted octanol–water partition coefficient (Wildman–Crippen LogP) is 3.01. The maximum Gasteiger partial charge on any atom is 0.317 e. The molecular formula is C18H30N4O2. The van der Waals surface area contributed by atoms with Gasteiger partial charge in [-0.05, 0) is 59.5 Å². The number of carbonyl (C=O) groups is 1. The molecule has 1 aromatic rings. The number of urea groups is 1. The number of rotatable bonds is 3. The van der Waals surface area contributed by atoms with Crippen LogP contribution in [0.4, 0.5) is 4.79 Å². The van der Waals surface area contributed by atoms with E-state index in [1.54, 1.807) is 0 Å². The first-order chi connectivity index (χ1) is 11.6. The van der Waals surface area contributed by atoms with Crippen LogP contribution in [0.5, 0.6) is 0 Å². The summed E-state index contributed by atoms with van der Waals surface area (Å²) in [5, 5.41) is 7.13. The van der Waals surface area contributed by atoms with E-state index in [-0.39, 0.29) is 12.1 Å². The molecule has 0 aliphatic carbocycles. The third-order valence-electron chi connectivity index (χ3n) is 5.45. The molecule has 6 nitrogen and oxygen atoms in total. The lowest BCUT2D eigenvalue weighted by Crippen LogP contribution is -2.47. The van der Waals surface area contributed by atoms with Gasteiger partial charge in [0.1, 0.15) is 5.76 Å². The summed E-state index contributed by atoms with van der Waals surface area (Å²) in [5.74, 6) is 0.783. The van der Waals surface area contributed by atoms with Crippen LogP contribution in [-0.4, -0.2) is 53.2 Å². The van der Waals surface area contributed by atoms with Crippen molar-refractivity contribution in [2.24, 2.45) is 0 Å². The molecule has 1 aromatic heterocycles. The first-order valence-corrected chi connectivity index (χ1v) is 9.28. The summed E-state index contributed by atoms with van der Waals surface area (Å²) >= 11 is 0. The molecule has 2 aliphatic rings. The number of carbonyl (C=O) groups excluding carboxylic acids is 1. The summed E-state index contributed by atoms with van der Waals surface area (Å²) in [7, 11) is 0. The molecule has 2 saturated heterocycles. The quantitative estimate of drug-likeness (QED) is 0.923. The van der Waals surface area contributed by atoms with E-state index in [9.17, 15) is 4.79 Å². The van der Waals surface area contributed by atoms with Gasteiger partial charge in [-0.15, -0.1) is 0 Å². The maximum absolute atomic E-state index is 12.8. The zero-order chi connectivity index (χ0) is 17.1. The van der Waals surface area contributed by atoms with Crippen LogP contribution >= 0.6 is 0 Å². The second kappa shape index (κ2) is 7.55. The lowest BCUT2D eigenvalue weighted by molar-refractivity contribution is 0.164. The van der Waals surface area contributed by atoms with Crippen LogP contribution in [0.3, 0.4) is 0 Å². The van der Waals surface area contributed by atoms with Gasteiger partial charge in [0, 0.05) is 24.7 Å². The molecule has 3 heterocycles. The van der Waals surface area contributed by atoms with Crippen LogP contribution in [0.15, 0.2) is 4.52 Å². The SMILES string of the molecule is Cc1noc(C)c1[C@@H](C)NC(=O)N1CCCC[C@@H](N2CCCC2)C1. The molecule has 2 fully saturated rings. The summed E-state index contributed by atoms with van der Waals surface area (Å²) in [6.45, 7) is 9.90. The van der Waals surface area contributed by atoms with E-state index in [1.165, 1.54) is 38.8 Å². The van der Waals surface area contributed by atoms with Gasteiger partial charge in [-0.3, -0.25) is 4.90 Å². The van der Waals surface area contributed by atoms with Gasteiger partial charge in [-0.2, -0.15) is 0 Å². The van der Waals surface area contributed by atoms with Gasteiger partial charge in [0.25, 0.3) is 0 Å². The normalized spacial score (nSPS) is 24.0. The second-order valence-corrected chi connectivity index (χ2v) is 7.25. The Labute approximate surface area is 144 Å². The average molecular weight is 334 g/mol. The minimum Gasteiger partial charge on any atom is -0.361 e. The fourth-order valence-corrected chi connectivity index (χ4v) is 4.17. The van der Waals surface area contributed by atoms with Gasteiger partial charge in [-0.1, -0.05) is 11.6 Å². The number of hydrogen-bond donors (Lipinski definition) is 1. The number of nitrogens with zero attached hydrogens (tertiary/aromatic N) is 3. The topological polar surface area (TPSA) is 61.6 Å². The Bertz CT molecular complexity index is 546. The van der Waals surface area contributed by atoms with Gasteiger partial charge < -0.3 is 14.7 Å². The Hall–Kier alpha value is -1.56. The first kappa shape index (κ1) is 17.3. The summed E-state index contributed by atoms with van der Waals surface area (Å²) in [6, 6.07) is 0.473. The Morgan fingerprint density at radius 3 is 2.58 bits per heavy atom. The first-order valence-electron chi connectivity index (χ1n) is 9.28. The van der Waals surface area contributed by atoms with Gasteiger partial charge in [0.2, 0.25) is 0 Å². The van der Waals surface area contributed by atoms with Crippen molar-refractivity contribution in [1.29, 1.82) is 0 Å². The Balaban J connectivity index is 1.62. The van der Waals surface area contributed by atoms with Crippen LogP contribution < -0.4 is 5.32 Å². The van der Waals surface area contributed by atoms with Crippen LogP contribution in [0.25, 0.3) is 0 Å². The van der Waals surface area contributed by atoms with Crippen molar-refractivity contribution >= 4 is 6.03 Å². The minimum absolute atomic E-state index is 0.0357. The molecule has 3 rings (SSSR count). The van der Waals surface area contributed by atoms with Crippen LogP contribution in [-0.2, 0) is 0 Å². The number of likely N-dealkylation sites (tertiary alicyclic amines) is 2. The Morgan fingerprint density at radius 1 is 1.21 bits per heavy atom. The van der Waals surface area contributed by atoms with Crippen molar-refractivity contribution in [2.75, 3.05) is 26.2 Å². The fraction of sp³-hybridized carbons (Fsp3) is 0.778. The number of amides is 2. The van der Waals surface area contributed by atoms with Crippen molar-refractivity contribution in [3.05, 3.63) is 17.0 Å². The molecule has 134 valence electrons. The molecule has 24 heavy (non-hydrogen) atoms. The number of aromatic nitrogens is 1. The standard InChI is InChI=1S/C18H30N4O2/c1-13(17-14(2)20-24-15(17)3)19-18(23)22-11-5-4-8-16(12-22)21-9-6-7-10-21/h13,16H,4-12H2,1-3H3,(H,19,23)/t13-,16-/m1/s1. The summed E-state index contributed by atoms with van der Waals surface area (Å²) < 4.78 is 5.23. The van der Waals surface area contributed by atoms with E-state index in [4.69, 9.17) is 4.52 Å². The largest absolute Gasteiger partial charge is 0.361 e. The van der Waals surface area contributed by atoms with Crippen molar-refractivity contribution in [3.63, 3.8) is 0 Å². The summed E-state index contributed by atoms with van der Waals surface area (Å²) in [5.41, 5.74) is 1.85. The predicted molar refractivity (Wildman–Crippen MR) is 92.9 cm³/mol. The molecule has 1 N–H and O–H groups in total.